The average molecular weight is 261 g/mol. The third kappa shape index (κ3) is 4.78. The minimum Gasteiger partial charge on any atom is -0.410 e. The van der Waals surface area contributed by atoms with Gasteiger partial charge in [-0.2, -0.15) is 0 Å². The number of ether oxygens (including phenoxy) is 1. The van der Waals surface area contributed by atoms with Gasteiger partial charge in [-0.15, -0.1) is 0 Å². The molecule has 0 aliphatic rings. The Morgan fingerprint density at radius 3 is 2.05 bits per heavy atom. The fourth-order valence-electron chi connectivity index (χ4n) is 1.66. The molecule has 0 spiro atoms. The third-order valence-corrected chi connectivity index (χ3v) is 2.86. The first kappa shape index (κ1) is 15.3. The van der Waals surface area contributed by atoms with Crippen molar-refractivity contribution >= 4 is 6.09 Å². The summed E-state index contributed by atoms with van der Waals surface area (Å²) in [6.07, 6.45) is 2.83. The van der Waals surface area contributed by atoms with E-state index >= 15 is 0 Å². The standard InChI is InChI=1S/C16H23NO2/c1-6-7-17-16(18)19-15-9-13(11(2)3)8-14(10-15)12(4)5/h6-12H,1-5H3,(H,17,18). The van der Waals surface area contributed by atoms with Gasteiger partial charge < -0.3 is 4.74 Å². The number of rotatable bonds is 4. The van der Waals surface area contributed by atoms with Crippen LogP contribution in [0.5, 0.6) is 5.75 Å². The smallest absolute Gasteiger partial charge is 0.410 e. The van der Waals surface area contributed by atoms with Crippen molar-refractivity contribution < 1.29 is 9.53 Å². The number of amides is 1. The zero-order valence-electron chi connectivity index (χ0n) is 12.4. The summed E-state index contributed by atoms with van der Waals surface area (Å²) in [6, 6.07) is 6.02. The Balaban J connectivity index is 2.96. The van der Waals surface area contributed by atoms with Crippen LogP contribution in [0.3, 0.4) is 0 Å². The van der Waals surface area contributed by atoms with Gasteiger partial charge in [-0.1, -0.05) is 39.8 Å². The molecule has 1 rings (SSSR count). The number of hydrogen-bond donors (Lipinski definition) is 1. The van der Waals surface area contributed by atoms with Crippen LogP contribution in [0.2, 0.25) is 0 Å². The summed E-state index contributed by atoms with van der Waals surface area (Å²) in [4.78, 5) is 11.5. The second kappa shape index (κ2) is 6.98. The summed E-state index contributed by atoms with van der Waals surface area (Å²) in [5.41, 5.74) is 2.36. The second-order valence-corrected chi connectivity index (χ2v) is 5.18. The number of nitrogens with one attached hydrogen (secondary N) is 1. The first-order valence-corrected chi connectivity index (χ1v) is 6.68. The molecule has 0 saturated carbocycles. The van der Waals surface area contributed by atoms with Gasteiger partial charge in [0.1, 0.15) is 5.75 Å². The summed E-state index contributed by atoms with van der Waals surface area (Å²) < 4.78 is 5.30. The summed E-state index contributed by atoms with van der Waals surface area (Å²) in [5, 5.41) is 2.54. The van der Waals surface area contributed by atoms with Gasteiger partial charge in [-0.25, -0.2) is 4.79 Å². The quantitative estimate of drug-likeness (QED) is 0.863. The van der Waals surface area contributed by atoms with Gasteiger partial charge in [0, 0.05) is 6.20 Å². The predicted octanol–water partition coefficient (Wildman–Crippen LogP) is 4.56. The molecule has 0 saturated heterocycles. The summed E-state index contributed by atoms with van der Waals surface area (Å²) in [7, 11) is 0. The topological polar surface area (TPSA) is 38.3 Å². The normalized spacial score (nSPS) is 11.3. The lowest BCUT2D eigenvalue weighted by atomic mass is 9.95. The van der Waals surface area contributed by atoms with Crippen molar-refractivity contribution in [1.82, 2.24) is 5.32 Å². The van der Waals surface area contributed by atoms with E-state index in [4.69, 9.17) is 4.74 Å². The van der Waals surface area contributed by atoms with Crippen molar-refractivity contribution in [3.8, 4) is 5.75 Å². The molecule has 104 valence electrons. The van der Waals surface area contributed by atoms with E-state index in [0.717, 1.165) is 0 Å². The molecule has 0 aliphatic heterocycles. The lowest BCUT2D eigenvalue weighted by molar-refractivity contribution is 0.204. The predicted molar refractivity (Wildman–Crippen MR) is 78.6 cm³/mol. The second-order valence-electron chi connectivity index (χ2n) is 5.18. The van der Waals surface area contributed by atoms with Crippen molar-refractivity contribution in [3.05, 3.63) is 41.6 Å². The number of carbonyl (C=O) groups is 1. The van der Waals surface area contributed by atoms with Gasteiger partial charge in [-0.3, -0.25) is 5.32 Å². The van der Waals surface area contributed by atoms with Crippen molar-refractivity contribution in [2.75, 3.05) is 0 Å². The van der Waals surface area contributed by atoms with Gasteiger partial charge in [0.15, 0.2) is 0 Å². The van der Waals surface area contributed by atoms with Crippen LogP contribution in [0.15, 0.2) is 30.5 Å². The molecule has 0 fully saturated rings. The van der Waals surface area contributed by atoms with Crippen LogP contribution in [0, 0.1) is 0 Å². The Morgan fingerprint density at radius 2 is 1.63 bits per heavy atom. The van der Waals surface area contributed by atoms with Crippen molar-refractivity contribution in [1.29, 1.82) is 0 Å². The van der Waals surface area contributed by atoms with Crippen LogP contribution < -0.4 is 10.1 Å². The fourth-order valence-corrected chi connectivity index (χ4v) is 1.66. The number of carbonyl (C=O) groups excluding carboxylic acids is 1. The Bertz CT molecular complexity index is 436. The van der Waals surface area contributed by atoms with E-state index in [1.165, 1.54) is 11.1 Å². The molecule has 0 heterocycles. The molecule has 3 heteroatoms. The SMILES string of the molecule is CC=CNC(=O)Oc1cc(C(C)C)cc(C(C)C)c1. The number of benzene rings is 1. The minimum atomic E-state index is -0.464. The van der Waals surface area contributed by atoms with E-state index in [9.17, 15) is 4.79 Å². The van der Waals surface area contributed by atoms with E-state index < -0.39 is 6.09 Å². The molecule has 1 aromatic rings. The highest BCUT2D eigenvalue weighted by atomic mass is 16.5. The van der Waals surface area contributed by atoms with Crippen LogP contribution >= 0.6 is 0 Å². The largest absolute Gasteiger partial charge is 0.416 e. The number of allylic oxidation sites excluding steroid dienone is 1. The van der Waals surface area contributed by atoms with Crippen molar-refractivity contribution in [3.63, 3.8) is 0 Å². The lowest BCUT2D eigenvalue weighted by Crippen LogP contribution is -2.21. The van der Waals surface area contributed by atoms with E-state index in [1.54, 1.807) is 12.3 Å². The fraction of sp³-hybridized carbons (Fsp3) is 0.438. The molecule has 0 atom stereocenters. The van der Waals surface area contributed by atoms with E-state index in [-0.39, 0.29) is 0 Å². The minimum absolute atomic E-state index is 0.402. The summed E-state index contributed by atoms with van der Waals surface area (Å²) in [5.74, 6) is 1.40. The molecular formula is C16H23NO2. The average Bonchev–Trinajstić information content (AvgIpc) is 2.35. The Kier molecular flexibility index (Phi) is 5.61. The molecule has 0 aromatic heterocycles. The highest BCUT2D eigenvalue weighted by Crippen LogP contribution is 2.27. The van der Waals surface area contributed by atoms with Gasteiger partial charge in [0.25, 0.3) is 0 Å². The Morgan fingerprint density at radius 1 is 1.11 bits per heavy atom. The number of hydrogen-bond acceptors (Lipinski definition) is 2. The molecule has 1 amide bonds. The van der Waals surface area contributed by atoms with Crippen LogP contribution in [0.1, 0.15) is 57.6 Å². The molecule has 0 unspecified atom stereocenters. The van der Waals surface area contributed by atoms with Gasteiger partial charge in [0.2, 0.25) is 0 Å². The maximum atomic E-state index is 11.5. The summed E-state index contributed by atoms with van der Waals surface area (Å²) >= 11 is 0. The molecule has 19 heavy (non-hydrogen) atoms. The van der Waals surface area contributed by atoms with E-state index in [0.29, 0.717) is 17.6 Å². The van der Waals surface area contributed by atoms with E-state index in [2.05, 4.69) is 39.1 Å². The zero-order valence-corrected chi connectivity index (χ0v) is 12.4. The maximum Gasteiger partial charge on any atom is 0.416 e. The third-order valence-electron chi connectivity index (χ3n) is 2.86. The Labute approximate surface area is 115 Å². The highest BCUT2D eigenvalue weighted by molar-refractivity contribution is 5.71. The van der Waals surface area contributed by atoms with Gasteiger partial charge in [0.05, 0.1) is 0 Å². The van der Waals surface area contributed by atoms with Crippen molar-refractivity contribution in [2.24, 2.45) is 0 Å². The maximum absolute atomic E-state index is 11.5. The molecule has 1 N–H and O–H groups in total. The van der Waals surface area contributed by atoms with Crippen LogP contribution in [-0.4, -0.2) is 6.09 Å². The molecule has 1 aromatic carbocycles. The van der Waals surface area contributed by atoms with E-state index in [1.807, 2.05) is 19.1 Å². The molecule has 0 aliphatic carbocycles. The van der Waals surface area contributed by atoms with Gasteiger partial charge in [-0.05, 0) is 42.0 Å². The Hall–Kier alpha value is -1.77. The zero-order chi connectivity index (χ0) is 14.4. The van der Waals surface area contributed by atoms with Crippen LogP contribution in [-0.2, 0) is 0 Å². The monoisotopic (exact) mass is 261 g/mol. The first-order valence-electron chi connectivity index (χ1n) is 6.68. The molecule has 3 nitrogen and oxygen atoms in total. The molecular weight excluding hydrogens is 238 g/mol. The summed E-state index contributed by atoms with van der Waals surface area (Å²) in [6.45, 7) is 10.3. The molecule has 0 radical (unpaired) electrons. The molecule has 0 bridgehead atoms. The van der Waals surface area contributed by atoms with Crippen molar-refractivity contribution in [2.45, 2.75) is 46.5 Å². The van der Waals surface area contributed by atoms with Crippen LogP contribution in [0.25, 0.3) is 0 Å². The van der Waals surface area contributed by atoms with Crippen LogP contribution in [0.4, 0.5) is 4.79 Å². The lowest BCUT2D eigenvalue weighted by Gasteiger charge is -2.14. The first-order chi connectivity index (χ1) is 8.93. The van der Waals surface area contributed by atoms with Gasteiger partial charge >= 0.3 is 6.09 Å². The highest BCUT2D eigenvalue weighted by Gasteiger charge is 2.10.